The van der Waals surface area contributed by atoms with E-state index in [0.29, 0.717) is 34.3 Å². The SMILES string of the molecule is Nn1c(SCC(=O)N2CCC[C@H]3CCCC[C@H]32)nnc1-c1ccc(F)cc1. The fourth-order valence-electron chi connectivity index (χ4n) is 4.31. The zero-order valence-corrected chi connectivity index (χ0v) is 16.0. The first-order chi connectivity index (χ1) is 13.1. The van der Waals surface area contributed by atoms with Crippen molar-refractivity contribution >= 4 is 17.7 Å². The number of carbonyl (C=O) groups is 1. The van der Waals surface area contributed by atoms with Crippen LogP contribution in [0, 0.1) is 11.7 Å². The molecule has 2 N–H and O–H groups in total. The highest BCUT2D eigenvalue weighted by atomic mass is 32.2. The molecule has 0 bridgehead atoms. The van der Waals surface area contributed by atoms with Crippen LogP contribution in [0.5, 0.6) is 0 Å². The van der Waals surface area contributed by atoms with E-state index in [1.54, 1.807) is 12.1 Å². The molecule has 0 radical (unpaired) electrons. The van der Waals surface area contributed by atoms with Crippen LogP contribution < -0.4 is 5.84 Å². The normalized spacial score (nSPS) is 22.5. The van der Waals surface area contributed by atoms with Gasteiger partial charge in [0.25, 0.3) is 0 Å². The van der Waals surface area contributed by atoms with Crippen LogP contribution in [0.1, 0.15) is 38.5 Å². The van der Waals surface area contributed by atoms with E-state index in [-0.39, 0.29) is 11.7 Å². The molecule has 1 saturated carbocycles. The molecule has 2 heterocycles. The van der Waals surface area contributed by atoms with Gasteiger partial charge in [0, 0.05) is 18.2 Å². The van der Waals surface area contributed by atoms with E-state index < -0.39 is 0 Å². The van der Waals surface area contributed by atoms with Crippen LogP contribution in [0.15, 0.2) is 29.4 Å². The third kappa shape index (κ3) is 3.81. The van der Waals surface area contributed by atoms with Gasteiger partial charge in [-0.15, -0.1) is 10.2 Å². The average Bonchev–Trinajstić information content (AvgIpc) is 3.07. The zero-order chi connectivity index (χ0) is 18.8. The molecule has 1 amide bonds. The van der Waals surface area contributed by atoms with E-state index in [9.17, 15) is 9.18 Å². The highest BCUT2D eigenvalue weighted by molar-refractivity contribution is 7.99. The van der Waals surface area contributed by atoms with Crippen molar-refractivity contribution in [1.29, 1.82) is 0 Å². The van der Waals surface area contributed by atoms with E-state index in [0.717, 1.165) is 19.4 Å². The first kappa shape index (κ1) is 18.3. The number of halogens is 1. The van der Waals surface area contributed by atoms with Gasteiger partial charge in [0.1, 0.15) is 5.82 Å². The maximum atomic E-state index is 13.1. The Labute approximate surface area is 162 Å². The number of nitrogens with two attached hydrogens (primary N) is 1. The van der Waals surface area contributed by atoms with Crippen molar-refractivity contribution in [2.75, 3.05) is 18.1 Å². The number of hydrogen-bond acceptors (Lipinski definition) is 5. The lowest BCUT2D eigenvalue weighted by atomic mass is 9.78. The molecule has 1 saturated heterocycles. The van der Waals surface area contributed by atoms with Crippen molar-refractivity contribution in [1.82, 2.24) is 19.8 Å². The number of rotatable bonds is 4. The van der Waals surface area contributed by atoms with Crippen LogP contribution in [-0.4, -0.2) is 44.0 Å². The molecule has 144 valence electrons. The zero-order valence-electron chi connectivity index (χ0n) is 15.2. The number of fused-ring (bicyclic) bond motifs is 1. The fraction of sp³-hybridized carbons (Fsp3) is 0.526. The van der Waals surface area contributed by atoms with Gasteiger partial charge in [0.15, 0.2) is 5.82 Å². The number of likely N-dealkylation sites (tertiary alicyclic amines) is 1. The number of nitrogen functional groups attached to an aromatic ring is 1. The monoisotopic (exact) mass is 389 g/mol. The Bertz CT molecular complexity index is 807. The molecule has 27 heavy (non-hydrogen) atoms. The van der Waals surface area contributed by atoms with E-state index in [1.165, 1.54) is 54.3 Å². The summed E-state index contributed by atoms with van der Waals surface area (Å²) in [5.41, 5.74) is 0.686. The minimum Gasteiger partial charge on any atom is -0.339 e. The molecule has 2 fully saturated rings. The summed E-state index contributed by atoms with van der Waals surface area (Å²) in [4.78, 5) is 14.9. The van der Waals surface area contributed by atoms with Gasteiger partial charge in [-0.1, -0.05) is 24.6 Å². The Morgan fingerprint density at radius 1 is 1.15 bits per heavy atom. The largest absolute Gasteiger partial charge is 0.339 e. The number of aromatic nitrogens is 3. The van der Waals surface area contributed by atoms with Gasteiger partial charge < -0.3 is 10.7 Å². The van der Waals surface area contributed by atoms with Crippen molar-refractivity contribution in [2.24, 2.45) is 5.92 Å². The van der Waals surface area contributed by atoms with Crippen LogP contribution in [-0.2, 0) is 4.79 Å². The quantitative estimate of drug-likeness (QED) is 0.642. The standard InChI is InChI=1S/C19H24FN5OS/c20-15-9-7-14(8-10-15)18-22-23-19(25(18)21)27-12-17(26)24-11-3-5-13-4-1-2-6-16(13)24/h7-10,13,16H,1-6,11-12,21H2/t13-,16-/m1/s1. The summed E-state index contributed by atoms with van der Waals surface area (Å²) in [5, 5.41) is 8.68. The van der Waals surface area contributed by atoms with Crippen LogP contribution in [0.2, 0.25) is 0 Å². The molecule has 8 heteroatoms. The fourth-order valence-corrected chi connectivity index (χ4v) is 5.06. The van der Waals surface area contributed by atoms with Gasteiger partial charge in [-0.25, -0.2) is 9.07 Å². The van der Waals surface area contributed by atoms with E-state index in [2.05, 4.69) is 15.1 Å². The Balaban J connectivity index is 1.41. The van der Waals surface area contributed by atoms with Crippen molar-refractivity contribution in [3.63, 3.8) is 0 Å². The van der Waals surface area contributed by atoms with Gasteiger partial charge in [-0.05, 0) is 55.9 Å². The van der Waals surface area contributed by atoms with Gasteiger partial charge in [0.05, 0.1) is 5.75 Å². The second-order valence-electron chi connectivity index (χ2n) is 7.31. The Morgan fingerprint density at radius 2 is 1.89 bits per heavy atom. The minimum absolute atomic E-state index is 0.155. The van der Waals surface area contributed by atoms with Crippen molar-refractivity contribution < 1.29 is 9.18 Å². The van der Waals surface area contributed by atoms with Gasteiger partial charge in [0.2, 0.25) is 11.1 Å². The summed E-state index contributed by atoms with van der Waals surface area (Å²) in [6.45, 7) is 0.858. The van der Waals surface area contributed by atoms with Crippen molar-refractivity contribution in [3.05, 3.63) is 30.1 Å². The third-order valence-electron chi connectivity index (χ3n) is 5.66. The molecule has 4 rings (SSSR count). The summed E-state index contributed by atoms with van der Waals surface area (Å²) in [7, 11) is 0. The maximum Gasteiger partial charge on any atom is 0.233 e. The molecule has 6 nitrogen and oxygen atoms in total. The topological polar surface area (TPSA) is 77.0 Å². The Morgan fingerprint density at radius 3 is 2.70 bits per heavy atom. The van der Waals surface area contributed by atoms with E-state index in [4.69, 9.17) is 5.84 Å². The lowest BCUT2D eigenvalue weighted by molar-refractivity contribution is -0.134. The molecular weight excluding hydrogens is 365 g/mol. The number of amides is 1. The summed E-state index contributed by atoms with van der Waals surface area (Å²) in [6.07, 6.45) is 7.23. The number of thioether (sulfide) groups is 1. The summed E-state index contributed by atoms with van der Waals surface area (Å²) in [5.74, 6) is 7.37. The number of carbonyl (C=O) groups excluding carboxylic acids is 1. The predicted molar refractivity (Wildman–Crippen MR) is 103 cm³/mol. The maximum absolute atomic E-state index is 13.1. The molecule has 0 unspecified atom stereocenters. The molecule has 1 aliphatic heterocycles. The second-order valence-corrected chi connectivity index (χ2v) is 8.26. The highest BCUT2D eigenvalue weighted by Crippen LogP contribution is 2.35. The van der Waals surface area contributed by atoms with Gasteiger partial charge >= 0.3 is 0 Å². The van der Waals surface area contributed by atoms with Crippen LogP contribution in [0.25, 0.3) is 11.4 Å². The Kier molecular flexibility index (Phi) is 5.33. The molecule has 0 spiro atoms. The van der Waals surface area contributed by atoms with Gasteiger partial charge in [-0.3, -0.25) is 4.79 Å². The van der Waals surface area contributed by atoms with E-state index in [1.807, 2.05) is 0 Å². The number of hydrogen-bond donors (Lipinski definition) is 1. The molecule has 2 aromatic rings. The molecule has 2 aliphatic rings. The smallest absolute Gasteiger partial charge is 0.233 e. The third-order valence-corrected chi connectivity index (χ3v) is 6.58. The summed E-state index contributed by atoms with van der Waals surface area (Å²) < 4.78 is 14.5. The molecule has 1 aliphatic carbocycles. The second kappa shape index (κ2) is 7.88. The summed E-state index contributed by atoms with van der Waals surface area (Å²) in [6, 6.07) is 6.35. The average molecular weight is 390 g/mol. The molecule has 2 atom stereocenters. The van der Waals surface area contributed by atoms with Crippen LogP contribution in [0.4, 0.5) is 4.39 Å². The molecule has 1 aromatic carbocycles. The lowest BCUT2D eigenvalue weighted by Crippen LogP contribution is -2.50. The van der Waals surface area contributed by atoms with Crippen molar-refractivity contribution in [3.8, 4) is 11.4 Å². The highest BCUT2D eigenvalue weighted by Gasteiger charge is 2.35. The molecular formula is C19H24FN5OS. The number of benzene rings is 1. The van der Waals surface area contributed by atoms with Crippen LogP contribution >= 0.6 is 11.8 Å². The van der Waals surface area contributed by atoms with Gasteiger partial charge in [-0.2, -0.15) is 0 Å². The van der Waals surface area contributed by atoms with Crippen molar-refractivity contribution in [2.45, 2.75) is 49.7 Å². The Hall–Kier alpha value is -2.09. The first-order valence-corrected chi connectivity index (χ1v) is 10.5. The number of nitrogens with zero attached hydrogens (tertiary/aromatic N) is 4. The van der Waals surface area contributed by atoms with Crippen LogP contribution in [0.3, 0.4) is 0 Å². The minimum atomic E-state index is -0.315. The number of piperidine rings is 1. The summed E-state index contributed by atoms with van der Waals surface area (Å²) >= 11 is 1.31. The predicted octanol–water partition coefficient (Wildman–Crippen LogP) is 3.07. The lowest BCUT2D eigenvalue weighted by Gasteiger charge is -2.44. The first-order valence-electron chi connectivity index (χ1n) is 9.52. The van der Waals surface area contributed by atoms with E-state index >= 15 is 0 Å². The molecule has 1 aromatic heterocycles.